The monoisotopic (exact) mass is 276 g/mol. The van der Waals surface area contributed by atoms with Gasteiger partial charge in [-0.05, 0) is 70.3 Å². The first-order valence-corrected chi connectivity index (χ1v) is 7.75. The maximum Gasteiger partial charge on any atom is 0.121 e. The van der Waals surface area contributed by atoms with E-state index in [1.54, 1.807) is 7.11 Å². The third-order valence-corrected chi connectivity index (χ3v) is 4.26. The van der Waals surface area contributed by atoms with Gasteiger partial charge in [0, 0.05) is 24.3 Å². The molecule has 0 saturated carbocycles. The summed E-state index contributed by atoms with van der Waals surface area (Å²) in [5.41, 5.74) is 2.40. The smallest absolute Gasteiger partial charge is 0.121 e. The molecule has 1 heterocycles. The minimum atomic E-state index is 0.589. The fourth-order valence-electron chi connectivity index (χ4n) is 2.98. The van der Waals surface area contributed by atoms with Crippen molar-refractivity contribution in [2.45, 2.75) is 52.1 Å². The Morgan fingerprint density at radius 3 is 2.70 bits per heavy atom. The van der Waals surface area contributed by atoms with Gasteiger partial charge in [0.15, 0.2) is 0 Å². The van der Waals surface area contributed by atoms with Crippen molar-refractivity contribution in [3.8, 4) is 5.75 Å². The molecule has 0 aliphatic carbocycles. The predicted molar refractivity (Wildman–Crippen MR) is 85.7 cm³/mol. The molecule has 1 fully saturated rings. The van der Waals surface area contributed by atoms with Crippen LogP contribution >= 0.6 is 0 Å². The highest BCUT2D eigenvalue weighted by Gasteiger charge is 2.18. The summed E-state index contributed by atoms with van der Waals surface area (Å²) in [5, 5.41) is 3.69. The van der Waals surface area contributed by atoms with E-state index in [1.807, 2.05) is 0 Å². The molecule has 0 bridgehead atoms. The standard InChI is InChI=1S/C17H28N2O/c1-13(2)19-10-5-6-15(9-11-19)18-16-7-8-17(20-4)14(3)12-16/h7-8,12-13,15,18H,5-6,9-11H2,1-4H3. The van der Waals surface area contributed by atoms with E-state index in [1.165, 1.54) is 43.6 Å². The fraction of sp³-hybridized carbons (Fsp3) is 0.647. The molecule has 20 heavy (non-hydrogen) atoms. The molecule has 0 amide bonds. The zero-order valence-corrected chi connectivity index (χ0v) is 13.3. The maximum atomic E-state index is 5.32. The van der Waals surface area contributed by atoms with Crippen molar-refractivity contribution < 1.29 is 4.74 Å². The van der Waals surface area contributed by atoms with Gasteiger partial charge in [0.25, 0.3) is 0 Å². The van der Waals surface area contributed by atoms with Gasteiger partial charge >= 0.3 is 0 Å². The molecule has 2 rings (SSSR count). The van der Waals surface area contributed by atoms with Crippen LogP contribution in [0.2, 0.25) is 0 Å². The summed E-state index contributed by atoms with van der Waals surface area (Å²) in [6.07, 6.45) is 3.77. The molecule has 1 aromatic rings. The van der Waals surface area contributed by atoms with Crippen LogP contribution in [0.15, 0.2) is 18.2 Å². The molecule has 112 valence electrons. The largest absolute Gasteiger partial charge is 0.496 e. The lowest BCUT2D eigenvalue weighted by Crippen LogP contribution is -2.32. The average molecular weight is 276 g/mol. The first-order valence-electron chi connectivity index (χ1n) is 7.75. The van der Waals surface area contributed by atoms with E-state index in [2.05, 4.69) is 49.2 Å². The Balaban J connectivity index is 1.94. The van der Waals surface area contributed by atoms with Crippen LogP contribution in [0, 0.1) is 6.92 Å². The Morgan fingerprint density at radius 2 is 2.05 bits per heavy atom. The molecule has 1 saturated heterocycles. The lowest BCUT2D eigenvalue weighted by atomic mass is 10.1. The first-order chi connectivity index (χ1) is 9.60. The number of likely N-dealkylation sites (tertiary alicyclic amines) is 1. The van der Waals surface area contributed by atoms with Crippen molar-refractivity contribution in [3.05, 3.63) is 23.8 Å². The number of aryl methyl sites for hydroxylation is 1. The summed E-state index contributed by atoms with van der Waals surface area (Å²) in [5.74, 6) is 0.961. The van der Waals surface area contributed by atoms with Crippen LogP contribution in [-0.2, 0) is 0 Å². The summed E-state index contributed by atoms with van der Waals surface area (Å²) >= 11 is 0. The van der Waals surface area contributed by atoms with Gasteiger partial charge < -0.3 is 15.0 Å². The van der Waals surface area contributed by atoms with Gasteiger partial charge in [0.05, 0.1) is 7.11 Å². The molecule has 1 unspecified atom stereocenters. The predicted octanol–water partition coefficient (Wildman–Crippen LogP) is 3.68. The van der Waals surface area contributed by atoms with Crippen LogP contribution in [0.4, 0.5) is 5.69 Å². The molecule has 0 radical (unpaired) electrons. The number of nitrogens with zero attached hydrogens (tertiary/aromatic N) is 1. The molecule has 0 aromatic heterocycles. The first kappa shape index (κ1) is 15.2. The number of benzene rings is 1. The Bertz CT molecular complexity index is 431. The van der Waals surface area contributed by atoms with E-state index in [9.17, 15) is 0 Å². The Labute approximate surface area is 123 Å². The van der Waals surface area contributed by atoms with Crippen LogP contribution in [0.1, 0.15) is 38.7 Å². The van der Waals surface area contributed by atoms with Gasteiger partial charge in [-0.25, -0.2) is 0 Å². The number of ether oxygens (including phenoxy) is 1. The third kappa shape index (κ3) is 3.89. The maximum absolute atomic E-state index is 5.32. The molecule has 0 spiro atoms. The van der Waals surface area contributed by atoms with Crippen molar-refractivity contribution in [3.63, 3.8) is 0 Å². The number of rotatable bonds is 4. The van der Waals surface area contributed by atoms with E-state index >= 15 is 0 Å². The molecule has 1 aliphatic rings. The highest BCUT2D eigenvalue weighted by Crippen LogP contribution is 2.24. The number of hydrogen-bond donors (Lipinski definition) is 1. The minimum Gasteiger partial charge on any atom is -0.496 e. The summed E-state index contributed by atoms with van der Waals surface area (Å²) in [6, 6.07) is 7.61. The van der Waals surface area contributed by atoms with Crippen molar-refractivity contribution in [1.29, 1.82) is 0 Å². The SMILES string of the molecule is COc1ccc(NC2CCCN(C(C)C)CC2)cc1C. The van der Waals surface area contributed by atoms with E-state index in [4.69, 9.17) is 4.74 Å². The van der Waals surface area contributed by atoms with E-state index < -0.39 is 0 Å². The molecular formula is C17H28N2O. The van der Waals surface area contributed by atoms with Gasteiger partial charge in [0.2, 0.25) is 0 Å². The van der Waals surface area contributed by atoms with Crippen molar-refractivity contribution in [2.24, 2.45) is 0 Å². The van der Waals surface area contributed by atoms with Crippen LogP contribution in [0.3, 0.4) is 0 Å². The zero-order valence-electron chi connectivity index (χ0n) is 13.3. The quantitative estimate of drug-likeness (QED) is 0.908. The summed E-state index contributed by atoms with van der Waals surface area (Å²) in [7, 11) is 1.72. The van der Waals surface area contributed by atoms with Gasteiger partial charge in [-0.2, -0.15) is 0 Å². The number of anilines is 1. The van der Waals surface area contributed by atoms with Crippen molar-refractivity contribution in [1.82, 2.24) is 4.90 Å². The van der Waals surface area contributed by atoms with Crippen LogP contribution in [0.5, 0.6) is 5.75 Å². The molecule has 1 N–H and O–H groups in total. The highest BCUT2D eigenvalue weighted by molar-refractivity contribution is 5.51. The summed E-state index contributed by atoms with van der Waals surface area (Å²) < 4.78 is 5.32. The van der Waals surface area contributed by atoms with E-state index in [0.29, 0.717) is 12.1 Å². The summed E-state index contributed by atoms with van der Waals surface area (Å²) in [4.78, 5) is 2.58. The van der Waals surface area contributed by atoms with Gasteiger partial charge in [-0.1, -0.05) is 0 Å². The second kappa shape index (κ2) is 6.98. The molecular weight excluding hydrogens is 248 g/mol. The van der Waals surface area contributed by atoms with Crippen LogP contribution < -0.4 is 10.1 Å². The Hall–Kier alpha value is -1.22. The van der Waals surface area contributed by atoms with Crippen molar-refractivity contribution in [2.75, 3.05) is 25.5 Å². The molecule has 1 aliphatic heterocycles. The van der Waals surface area contributed by atoms with E-state index in [0.717, 1.165) is 5.75 Å². The molecule has 1 aromatic carbocycles. The lowest BCUT2D eigenvalue weighted by Gasteiger charge is -2.24. The van der Waals surface area contributed by atoms with Crippen LogP contribution in [0.25, 0.3) is 0 Å². The number of methoxy groups -OCH3 is 1. The fourth-order valence-corrected chi connectivity index (χ4v) is 2.98. The van der Waals surface area contributed by atoms with Gasteiger partial charge in [0.1, 0.15) is 5.75 Å². The topological polar surface area (TPSA) is 24.5 Å². The summed E-state index contributed by atoms with van der Waals surface area (Å²) in [6.45, 7) is 9.11. The Morgan fingerprint density at radius 1 is 1.25 bits per heavy atom. The number of nitrogens with one attached hydrogen (secondary N) is 1. The lowest BCUT2D eigenvalue weighted by molar-refractivity contribution is 0.230. The van der Waals surface area contributed by atoms with Crippen molar-refractivity contribution >= 4 is 5.69 Å². The van der Waals surface area contributed by atoms with Crippen LogP contribution in [-0.4, -0.2) is 37.2 Å². The molecule has 1 atom stereocenters. The minimum absolute atomic E-state index is 0.589. The normalized spacial score (nSPS) is 20.8. The molecule has 3 heteroatoms. The zero-order chi connectivity index (χ0) is 14.5. The average Bonchev–Trinajstić information content (AvgIpc) is 2.65. The second-order valence-corrected chi connectivity index (χ2v) is 6.09. The third-order valence-electron chi connectivity index (χ3n) is 4.26. The van der Waals surface area contributed by atoms with Gasteiger partial charge in [-0.15, -0.1) is 0 Å². The second-order valence-electron chi connectivity index (χ2n) is 6.09. The highest BCUT2D eigenvalue weighted by atomic mass is 16.5. The van der Waals surface area contributed by atoms with Gasteiger partial charge in [-0.3, -0.25) is 0 Å². The number of hydrogen-bond acceptors (Lipinski definition) is 3. The Kier molecular flexibility index (Phi) is 5.30. The molecule has 3 nitrogen and oxygen atoms in total. The van der Waals surface area contributed by atoms with E-state index in [-0.39, 0.29) is 0 Å².